The molecule has 3 aromatic rings. The number of furan rings is 1. The molecule has 0 saturated carbocycles. The van der Waals surface area contributed by atoms with E-state index in [2.05, 4.69) is 21.6 Å². The maximum atomic E-state index is 13.2. The lowest BCUT2D eigenvalue weighted by molar-refractivity contribution is -0.118. The Bertz CT molecular complexity index is 1130. The van der Waals surface area contributed by atoms with E-state index in [-0.39, 0.29) is 11.8 Å². The Balaban J connectivity index is 1.45. The summed E-state index contributed by atoms with van der Waals surface area (Å²) in [5.74, 6) is 0.393. The van der Waals surface area contributed by atoms with Crippen molar-refractivity contribution in [1.29, 1.82) is 0 Å². The van der Waals surface area contributed by atoms with Gasteiger partial charge in [-0.05, 0) is 69.5 Å². The van der Waals surface area contributed by atoms with Crippen LogP contribution in [-0.4, -0.2) is 35.5 Å². The molecule has 0 radical (unpaired) electrons. The number of nitrogens with one attached hydrogen (secondary N) is 2. The van der Waals surface area contributed by atoms with Gasteiger partial charge in [0.1, 0.15) is 11.8 Å². The van der Waals surface area contributed by atoms with Crippen LogP contribution in [0.3, 0.4) is 0 Å². The molecule has 34 heavy (non-hydrogen) atoms. The highest BCUT2D eigenvalue weighted by Crippen LogP contribution is 2.24. The van der Waals surface area contributed by atoms with E-state index in [1.54, 1.807) is 6.26 Å². The highest BCUT2D eigenvalue weighted by Gasteiger charge is 2.24. The summed E-state index contributed by atoms with van der Waals surface area (Å²) in [5, 5.41) is 5.98. The van der Waals surface area contributed by atoms with Gasteiger partial charge in [0, 0.05) is 35.9 Å². The molecule has 1 aliphatic heterocycles. The van der Waals surface area contributed by atoms with E-state index in [4.69, 9.17) is 4.42 Å². The summed E-state index contributed by atoms with van der Waals surface area (Å²) < 4.78 is 7.51. The largest absolute Gasteiger partial charge is 0.467 e. The molecule has 1 saturated heterocycles. The number of aryl methyl sites for hydroxylation is 1. The molecule has 1 atom stereocenters. The first-order chi connectivity index (χ1) is 16.5. The van der Waals surface area contributed by atoms with Crippen molar-refractivity contribution in [3.63, 3.8) is 0 Å². The van der Waals surface area contributed by atoms with Crippen molar-refractivity contribution in [2.24, 2.45) is 0 Å². The molecule has 1 fully saturated rings. The molecule has 7 nitrogen and oxygen atoms in total. The molecule has 0 aliphatic carbocycles. The van der Waals surface area contributed by atoms with Gasteiger partial charge in [-0.15, -0.1) is 0 Å². The molecule has 1 aliphatic rings. The summed E-state index contributed by atoms with van der Waals surface area (Å²) >= 11 is 0. The molecular weight excluding hydrogens is 428 g/mol. The van der Waals surface area contributed by atoms with Gasteiger partial charge < -0.3 is 24.5 Å². The van der Waals surface area contributed by atoms with E-state index in [0.717, 1.165) is 48.0 Å². The molecule has 1 unspecified atom stereocenters. The number of anilines is 2. The number of nitrogens with zero attached hydrogens (tertiary/aromatic N) is 2. The van der Waals surface area contributed by atoms with Gasteiger partial charge in [0.15, 0.2) is 0 Å². The van der Waals surface area contributed by atoms with Gasteiger partial charge in [-0.1, -0.05) is 19.4 Å². The van der Waals surface area contributed by atoms with Gasteiger partial charge in [-0.25, -0.2) is 0 Å². The van der Waals surface area contributed by atoms with Crippen molar-refractivity contribution in [2.45, 2.75) is 59.0 Å². The van der Waals surface area contributed by atoms with Crippen molar-refractivity contribution in [3.8, 4) is 0 Å². The number of carbonyl (C=O) groups excluding carboxylic acids is 2. The van der Waals surface area contributed by atoms with Crippen LogP contribution >= 0.6 is 0 Å². The standard InChI is InChI=1S/C27H34N4O3/c1-4-9-25(27(33)28-21-10-7-11-22(17-21)30-13-5-6-14-30)29-26(32)24-16-19(2)31(20(24)3)18-23-12-8-15-34-23/h7-8,10-12,15-17,25H,4-6,9,13-14,18H2,1-3H3,(H,28,33)(H,29,32). The van der Waals surface area contributed by atoms with Crippen LogP contribution in [0.4, 0.5) is 11.4 Å². The minimum absolute atomic E-state index is 0.196. The summed E-state index contributed by atoms with van der Waals surface area (Å²) in [6.07, 6.45) is 5.39. The van der Waals surface area contributed by atoms with Crippen molar-refractivity contribution in [3.05, 3.63) is 71.4 Å². The molecule has 2 N–H and O–H groups in total. The zero-order valence-corrected chi connectivity index (χ0v) is 20.3. The van der Waals surface area contributed by atoms with Crippen LogP contribution < -0.4 is 15.5 Å². The number of carbonyl (C=O) groups is 2. The Morgan fingerprint density at radius 2 is 1.88 bits per heavy atom. The zero-order chi connectivity index (χ0) is 24.1. The van der Waals surface area contributed by atoms with Gasteiger partial charge in [0.2, 0.25) is 5.91 Å². The molecule has 2 aromatic heterocycles. The van der Waals surface area contributed by atoms with Crippen LogP contribution in [0.2, 0.25) is 0 Å². The highest BCUT2D eigenvalue weighted by atomic mass is 16.3. The predicted octanol–water partition coefficient (Wildman–Crippen LogP) is 4.88. The lowest BCUT2D eigenvalue weighted by atomic mass is 10.1. The first-order valence-corrected chi connectivity index (χ1v) is 12.1. The lowest BCUT2D eigenvalue weighted by Gasteiger charge is -2.20. The minimum atomic E-state index is -0.610. The van der Waals surface area contributed by atoms with E-state index in [9.17, 15) is 9.59 Å². The smallest absolute Gasteiger partial charge is 0.253 e. The maximum Gasteiger partial charge on any atom is 0.253 e. The predicted molar refractivity (Wildman–Crippen MR) is 134 cm³/mol. The fourth-order valence-corrected chi connectivity index (χ4v) is 4.61. The van der Waals surface area contributed by atoms with E-state index in [1.807, 2.05) is 61.7 Å². The third-order valence-electron chi connectivity index (χ3n) is 6.50. The topological polar surface area (TPSA) is 79.5 Å². The zero-order valence-electron chi connectivity index (χ0n) is 20.3. The fourth-order valence-electron chi connectivity index (χ4n) is 4.61. The Morgan fingerprint density at radius 3 is 2.59 bits per heavy atom. The van der Waals surface area contributed by atoms with Crippen LogP contribution in [0.1, 0.15) is 60.1 Å². The molecule has 180 valence electrons. The molecule has 0 spiro atoms. The van der Waals surface area contributed by atoms with Gasteiger partial charge in [-0.2, -0.15) is 0 Å². The number of benzene rings is 1. The molecule has 0 bridgehead atoms. The van der Waals surface area contributed by atoms with Gasteiger partial charge in [0.25, 0.3) is 5.91 Å². The summed E-state index contributed by atoms with van der Waals surface area (Å²) in [6.45, 7) is 8.55. The van der Waals surface area contributed by atoms with Gasteiger partial charge in [0.05, 0.1) is 18.4 Å². The lowest BCUT2D eigenvalue weighted by Crippen LogP contribution is -2.43. The van der Waals surface area contributed by atoms with E-state index in [0.29, 0.717) is 18.5 Å². The van der Waals surface area contributed by atoms with Crippen molar-refractivity contribution in [1.82, 2.24) is 9.88 Å². The summed E-state index contributed by atoms with van der Waals surface area (Å²) in [4.78, 5) is 28.6. The Labute approximate surface area is 201 Å². The third kappa shape index (κ3) is 5.35. The molecule has 2 amide bonds. The minimum Gasteiger partial charge on any atom is -0.467 e. The van der Waals surface area contributed by atoms with Crippen molar-refractivity contribution >= 4 is 23.2 Å². The maximum absolute atomic E-state index is 13.2. The second-order valence-corrected chi connectivity index (χ2v) is 9.00. The second kappa shape index (κ2) is 10.6. The Morgan fingerprint density at radius 1 is 1.09 bits per heavy atom. The monoisotopic (exact) mass is 462 g/mol. The number of aromatic nitrogens is 1. The molecule has 4 rings (SSSR count). The van der Waals surface area contributed by atoms with E-state index in [1.165, 1.54) is 12.8 Å². The van der Waals surface area contributed by atoms with E-state index < -0.39 is 6.04 Å². The quantitative estimate of drug-likeness (QED) is 0.475. The number of hydrogen-bond acceptors (Lipinski definition) is 4. The summed E-state index contributed by atoms with van der Waals surface area (Å²) in [6, 6.07) is 13.0. The highest BCUT2D eigenvalue weighted by molar-refractivity contribution is 6.02. The second-order valence-electron chi connectivity index (χ2n) is 9.00. The average molecular weight is 463 g/mol. The first kappa shape index (κ1) is 23.7. The van der Waals surface area contributed by atoms with Crippen LogP contribution in [0.5, 0.6) is 0 Å². The number of rotatable bonds is 9. The SMILES string of the molecule is CCCC(NC(=O)c1cc(C)n(Cc2ccco2)c1C)C(=O)Nc1cccc(N2CCCC2)c1. The van der Waals surface area contributed by atoms with Crippen LogP contribution in [0.25, 0.3) is 0 Å². The summed E-state index contributed by atoms with van der Waals surface area (Å²) in [5.41, 5.74) is 4.26. The van der Waals surface area contributed by atoms with Crippen LogP contribution in [0.15, 0.2) is 53.1 Å². The number of amides is 2. The molecule has 7 heteroatoms. The first-order valence-electron chi connectivity index (χ1n) is 12.1. The molecular formula is C27H34N4O3. The van der Waals surface area contributed by atoms with Crippen LogP contribution in [-0.2, 0) is 11.3 Å². The Hall–Kier alpha value is -3.48. The molecule has 3 heterocycles. The summed E-state index contributed by atoms with van der Waals surface area (Å²) in [7, 11) is 0. The van der Waals surface area contributed by atoms with Gasteiger partial charge >= 0.3 is 0 Å². The van der Waals surface area contributed by atoms with Crippen molar-refractivity contribution in [2.75, 3.05) is 23.3 Å². The molecule has 1 aromatic carbocycles. The average Bonchev–Trinajstić information content (AvgIpc) is 3.59. The van der Waals surface area contributed by atoms with Crippen molar-refractivity contribution < 1.29 is 14.0 Å². The Kier molecular flexibility index (Phi) is 7.40. The normalized spacial score (nSPS) is 14.3. The fraction of sp³-hybridized carbons (Fsp3) is 0.407. The van der Waals surface area contributed by atoms with Crippen LogP contribution in [0, 0.1) is 13.8 Å². The number of hydrogen-bond donors (Lipinski definition) is 2. The third-order valence-corrected chi connectivity index (χ3v) is 6.50. The van der Waals surface area contributed by atoms with Gasteiger partial charge in [-0.3, -0.25) is 9.59 Å². The van der Waals surface area contributed by atoms with E-state index >= 15 is 0 Å².